The van der Waals surface area contributed by atoms with Crippen molar-refractivity contribution in [1.82, 2.24) is 0 Å². The van der Waals surface area contributed by atoms with Crippen molar-refractivity contribution in [2.45, 2.75) is 44.6 Å². The van der Waals surface area contributed by atoms with Gasteiger partial charge in [0.25, 0.3) is 0 Å². The maximum Gasteiger partial charge on any atom is 0.0576 e. The molecule has 62 valence electrons. The highest BCUT2D eigenvalue weighted by atomic mass is 16.3. The first-order valence-corrected chi connectivity index (χ1v) is 5.03. The van der Waals surface area contributed by atoms with Crippen LogP contribution in [0, 0.1) is 17.3 Å². The van der Waals surface area contributed by atoms with E-state index in [0.29, 0.717) is 5.41 Å². The van der Waals surface area contributed by atoms with E-state index in [1.165, 1.54) is 32.1 Å². The van der Waals surface area contributed by atoms with Crippen LogP contribution in [0.4, 0.5) is 0 Å². The molecule has 0 aliphatic heterocycles. The summed E-state index contributed by atoms with van der Waals surface area (Å²) in [5.41, 5.74) is 0.678. The fourth-order valence-corrected chi connectivity index (χ4v) is 4.00. The van der Waals surface area contributed by atoms with E-state index in [0.717, 1.165) is 18.3 Å². The summed E-state index contributed by atoms with van der Waals surface area (Å²) in [4.78, 5) is 0. The summed E-state index contributed by atoms with van der Waals surface area (Å²) in [5, 5.41) is 9.66. The largest absolute Gasteiger partial charge is 0.393 e. The SMILES string of the molecule is OC1CCC2C1C21CCCC1. The van der Waals surface area contributed by atoms with Gasteiger partial charge in [0.05, 0.1) is 6.10 Å². The molecule has 3 rings (SSSR count). The van der Waals surface area contributed by atoms with Crippen molar-refractivity contribution < 1.29 is 5.11 Å². The van der Waals surface area contributed by atoms with E-state index in [9.17, 15) is 5.11 Å². The predicted octanol–water partition coefficient (Wildman–Crippen LogP) is 1.95. The molecular weight excluding hydrogens is 136 g/mol. The van der Waals surface area contributed by atoms with Crippen LogP contribution in [0.15, 0.2) is 0 Å². The molecule has 0 aromatic heterocycles. The van der Waals surface area contributed by atoms with E-state index in [2.05, 4.69) is 0 Å². The molecule has 0 aromatic carbocycles. The van der Waals surface area contributed by atoms with E-state index >= 15 is 0 Å². The Morgan fingerprint density at radius 3 is 2.36 bits per heavy atom. The smallest absolute Gasteiger partial charge is 0.0576 e. The van der Waals surface area contributed by atoms with E-state index in [-0.39, 0.29) is 6.10 Å². The van der Waals surface area contributed by atoms with Crippen molar-refractivity contribution in [3.05, 3.63) is 0 Å². The second-order valence-corrected chi connectivity index (χ2v) is 4.72. The summed E-state index contributed by atoms with van der Waals surface area (Å²) in [6.45, 7) is 0. The van der Waals surface area contributed by atoms with Gasteiger partial charge in [-0.05, 0) is 42.9 Å². The Bertz CT molecular complexity index is 181. The van der Waals surface area contributed by atoms with Crippen LogP contribution in [0.3, 0.4) is 0 Å². The number of aliphatic hydroxyl groups excluding tert-OH is 1. The van der Waals surface area contributed by atoms with Crippen LogP contribution < -0.4 is 0 Å². The number of hydrogen-bond acceptors (Lipinski definition) is 1. The van der Waals surface area contributed by atoms with Gasteiger partial charge in [0.1, 0.15) is 0 Å². The van der Waals surface area contributed by atoms with Gasteiger partial charge in [0.2, 0.25) is 0 Å². The summed E-state index contributed by atoms with van der Waals surface area (Å²) in [5.74, 6) is 1.69. The zero-order valence-corrected chi connectivity index (χ0v) is 6.92. The summed E-state index contributed by atoms with van der Waals surface area (Å²) in [6.07, 6.45) is 8.22. The number of aliphatic hydroxyl groups is 1. The lowest BCUT2D eigenvalue weighted by Crippen LogP contribution is -2.13. The average molecular weight is 152 g/mol. The average Bonchev–Trinajstić information content (AvgIpc) is 2.30. The Hall–Kier alpha value is -0.0400. The molecule has 1 spiro atoms. The van der Waals surface area contributed by atoms with Gasteiger partial charge in [0, 0.05) is 0 Å². The van der Waals surface area contributed by atoms with Gasteiger partial charge >= 0.3 is 0 Å². The van der Waals surface area contributed by atoms with E-state index in [1.807, 2.05) is 0 Å². The lowest BCUT2D eigenvalue weighted by molar-refractivity contribution is 0.131. The second kappa shape index (κ2) is 1.82. The van der Waals surface area contributed by atoms with Crippen molar-refractivity contribution in [1.29, 1.82) is 0 Å². The van der Waals surface area contributed by atoms with Crippen LogP contribution in [0.1, 0.15) is 38.5 Å². The molecule has 0 radical (unpaired) electrons. The quantitative estimate of drug-likeness (QED) is 0.562. The van der Waals surface area contributed by atoms with Crippen LogP contribution in [-0.2, 0) is 0 Å². The summed E-state index contributed by atoms with van der Waals surface area (Å²) in [6, 6.07) is 0. The van der Waals surface area contributed by atoms with Gasteiger partial charge in [-0.1, -0.05) is 12.8 Å². The normalized spacial score (nSPS) is 51.5. The monoisotopic (exact) mass is 152 g/mol. The van der Waals surface area contributed by atoms with Crippen molar-refractivity contribution in [2.75, 3.05) is 0 Å². The number of rotatable bonds is 0. The number of hydrogen-bond donors (Lipinski definition) is 1. The molecule has 0 heterocycles. The molecule has 3 unspecified atom stereocenters. The van der Waals surface area contributed by atoms with Crippen LogP contribution in [0.5, 0.6) is 0 Å². The minimum Gasteiger partial charge on any atom is -0.393 e. The zero-order valence-electron chi connectivity index (χ0n) is 6.92. The lowest BCUT2D eigenvalue weighted by atomic mass is 9.93. The molecule has 3 fully saturated rings. The van der Waals surface area contributed by atoms with Crippen LogP contribution >= 0.6 is 0 Å². The van der Waals surface area contributed by atoms with Crippen LogP contribution in [0.2, 0.25) is 0 Å². The van der Waals surface area contributed by atoms with Crippen molar-refractivity contribution >= 4 is 0 Å². The molecule has 11 heavy (non-hydrogen) atoms. The first-order valence-electron chi connectivity index (χ1n) is 5.03. The fourth-order valence-electron chi connectivity index (χ4n) is 4.00. The van der Waals surface area contributed by atoms with Crippen LogP contribution in [-0.4, -0.2) is 11.2 Å². The Kier molecular flexibility index (Phi) is 1.07. The summed E-state index contributed by atoms with van der Waals surface area (Å²) >= 11 is 0. The van der Waals surface area contributed by atoms with Gasteiger partial charge in [-0.15, -0.1) is 0 Å². The maximum atomic E-state index is 9.66. The zero-order chi connectivity index (χ0) is 7.47. The molecule has 0 bridgehead atoms. The third kappa shape index (κ3) is 0.618. The molecule has 3 aliphatic carbocycles. The Labute approximate surface area is 67.8 Å². The van der Waals surface area contributed by atoms with E-state index < -0.39 is 0 Å². The maximum absolute atomic E-state index is 9.66. The molecule has 0 aromatic rings. The first kappa shape index (κ1) is 6.47. The van der Waals surface area contributed by atoms with Crippen molar-refractivity contribution in [2.24, 2.45) is 17.3 Å². The molecular formula is C10H16O. The molecule has 1 N–H and O–H groups in total. The van der Waals surface area contributed by atoms with Gasteiger partial charge < -0.3 is 5.11 Å². The molecule has 1 heteroatoms. The molecule has 3 aliphatic rings. The first-order chi connectivity index (χ1) is 5.34. The van der Waals surface area contributed by atoms with Gasteiger partial charge in [-0.3, -0.25) is 0 Å². The third-order valence-corrected chi connectivity index (χ3v) is 4.45. The fraction of sp³-hybridized carbons (Fsp3) is 1.00. The van der Waals surface area contributed by atoms with Gasteiger partial charge in [-0.25, -0.2) is 0 Å². The highest BCUT2D eigenvalue weighted by Gasteiger charge is 2.69. The van der Waals surface area contributed by atoms with E-state index in [1.54, 1.807) is 0 Å². The topological polar surface area (TPSA) is 20.2 Å². The van der Waals surface area contributed by atoms with Crippen molar-refractivity contribution in [3.63, 3.8) is 0 Å². The molecule has 1 nitrogen and oxygen atoms in total. The minimum atomic E-state index is 0.0816. The Morgan fingerprint density at radius 1 is 1.09 bits per heavy atom. The van der Waals surface area contributed by atoms with Crippen LogP contribution in [0.25, 0.3) is 0 Å². The summed E-state index contributed by atoms with van der Waals surface area (Å²) in [7, 11) is 0. The highest BCUT2D eigenvalue weighted by molar-refractivity contribution is 5.17. The lowest BCUT2D eigenvalue weighted by Gasteiger charge is -2.15. The second-order valence-electron chi connectivity index (χ2n) is 4.72. The Balaban J connectivity index is 1.84. The molecule has 0 amide bonds. The summed E-state index contributed by atoms with van der Waals surface area (Å²) < 4.78 is 0. The van der Waals surface area contributed by atoms with Crippen molar-refractivity contribution in [3.8, 4) is 0 Å². The number of fused-ring (bicyclic) bond motifs is 3. The molecule has 0 saturated heterocycles. The van der Waals surface area contributed by atoms with E-state index in [4.69, 9.17) is 0 Å². The van der Waals surface area contributed by atoms with Gasteiger partial charge in [-0.2, -0.15) is 0 Å². The highest BCUT2D eigenvalue weighted by Crippen LogP contribution is 2.73. The molecule has 3 saturated carbocycles. The third-order valence-electron chi connectivity index (χ3n) is 4.45. The van der Waals surface area contributed by atoms with Gasteiger partial charge in [0.15, 0.2) is 0 Å². The molecule has 3 atom stereocenters. The standard InChI is InChI=1S/C10H16O/c11-8-4-3-7-9(8)10(7)5-1-2-6-10/h7-9,11H,1-6H2. The Morgan fingerprint density at radius 2 is 1.82 bits per heavy atom. The minimum absolute atomic E-state index is 0.0816. The predicted molar refractivity (Wildman–Crippen MR) is 43.1 cm³/mol.